The Bertz CT molecular complexity index is 842. The lowest BCUT2D eigenvalue weighted by Crippen LogP contribution is -2.01. The second-order valence-electron chi connectivity index (χ2n) is 7.23. The minimum atomic E-state index is 0.118. The SMILES string of the molecule is Cc1cc(C)c(-c2cccc(-c3c(C)cc(C)cc3C)c2[O-])c(C)c1. The zero-order valence-electron chi connectivity index (χ0n) is 15.9. The van der Waals surface area contributed by atoms with Crippen molar-refractivity contribution in [1.82, 2.24) is 0 Å². The molecule has 0 bridgehead atoms. The molecule has 0 aliphatic carbocycles. The second-order valence-corrected chi connectivity index (χ2v) is 7.23. The maximum Gasteiger partial charge on any atom is -0.0131 e. The molecule has 0 heterocycles. The largest absolute Gasteiger partial charge is 0.872 e. The summed E-state index contributed by atoms with van der Waals surface area (Å²) in [4.78, 5) is 0. The molecule has 0 unspecified atom stereocenters. The van der Waals surface area contributed by atoms with Crippen LogP contribution >= 0.6 is 0 Å². The molecule has 0 fully saturated rings. The van der Waals surface area contributed by atoms with E-state index in [1.165, 1.54) is 11.1 Å². The number of rotatable bonds is 2. The van der Waals surface area contributed by atoms with Gasteiger partial charge in [-0.1, -0.05) is 59.3 Å². The highest BCUT2D eigenvalue weighted by molar-refractivity contribution is 5.86. The normalized spacial score (nSPS) is 11.0. The Morgan fingerprint density at radius 1 is 0.560 bits per heavy atom. The van der Waals surface area contributed by atoms with E-state index in [0.717, 1.165) is 44.5 Å². The van der Waals surface area contributed by atoms with Gasteiger partial charge in [0.1, 0.15) is 0 Å². The molecule has 0 amide bonds. The number of aryl methyl sites for hydroxylation is 6. The summed E-state index contributed by atoms with van der Waals surface area (Å²) in [5.41, 5.74) is 10.8. The van der Waals surface area contributed by atoms with Crippen LogP contribution in [0.3, 0.4) is 0 Å². The summed E-state index contributed by atoms with van der Waals surface area (Å²) in [5, 5.41) is 13.3. The van der Waals surface area contributed by atoms with E-state index in [0.29, 0.717) is 0 Å². The first-order chi connectivity index (χ1) is 11.8. The smallest absolute Gasteiger partial charge is 0.0131 e. The molecule has 3 aromatic carbocycles. The highest BCUT2D eigenvalue weighted by atomic mass is 16.3. The van der Waals surface area contributed by atoms with E-state index in [1.807, 2.05) is 18.2 Å². The summed E-state index contributed by atoms with van der Waals surface area (Å²) in [7, 11) is 0. The van der Waals surface area contributed by atoms with E-state index in [4.69, 9.17) is 0 Å². The van der Waals surface area contributed by atoms with Crippen molar-refractivity contribution in [3.8, 4) is 28.0 Å². The fourth-order valence-corrected chi connectivity index (χ4v) is 4.14. The standard InChI is InChI=1S/C24H26O/c1-14-10-16(3)22(17(4)11-14)20-8-7-9-21(24(20)25)23-18(5)12-15(2)13-19(23)6/h7-13,25H,1-6H3/p-1. The van der Waals surface area contributed by atoms with Gasteiger partial charge in [-0.15, -0.1) is 0 Å². The fraction of sp³-hybridized carbons (Fsp3) is 0.250. The molecule has 1 nitrogen and oxygen atoms in total. The van der Waals surface area contributed by atoms with E-state index >= 15 is 0 Å². The van der Waals surface area contributed by atoms with Gasteiger partial charge < -0.3 is 5.11 Å². The number of hydrogen-bond acceptors (Lipinski definition) is 1. The summed E-state index contributed by atoms with van der Waals surface area (Å²) < 4.78 is 0. The summed E-state index contributed by atoms with van der Waals surface area (Å²) in [5.74, 6) is 0.118. The van der Waals surface area contributed by atoms with Crippen LogP contribution in [-0.4, -0.2) is 0 Å². The molecule has 0 atom stereocenters. The number of para-hydroxylation sites is 1. The lowest BCUT2D eigenvalue weighted by atomic mass is 9.88. The molecular weight excluding hydrogens is 304 g/mol. The van der Waals surface area contributed by atoms with Crippen LogP contribution in [0, 0.1) is 41.5 Å². The van der Waals surface area contributed by atoms with Crippen LogP contribution in [0.4, 0.5) is 0 Å². The van der Waals surface area contributed by atoms with Crippen molar-refractivity contribution in [3.05, 3.63) is 75.8 Å². The van der Waals surface area contributed by atoms with Crippen molar-refractivity contribution >= 4 is 0 Å². The third-order valence-electron chi connectivity index (χ3n) is 4.91. The number of hydrogen-bond donors (Lipinski definition) is 0. The van der Waals surface area contributed by atoms with E-state index in [1.54, 1.807) is 0 Å². The molecular formula is C24H25O-. The van der Waals surface area contributed by atoms with Crippen molar-refractivity contribution in [2.75, 3.05) is 0 Å². The van der Waals surface area contributed by atoms with Gasteiger partial charge >= 0.3 is 0 Å². The lowest BCUT2D eigenvalue weighted by molar-refractivity contribution is -0.266. The van der Waals surface area contributed by atoms with Gasteiger partial charge in [0.25, 0.3) is 0 Å². The first-order valence-electron chi connectivity index (χ1n) is 8.76. The summed E-state index contributed by atoms with van der Waals surface area (Å²) in [6.07, 6.45) is 0. The van der Waals surface area contributed by atoms with Crippen LogP contribution in [0.5, 0.6) is 5.75 Å². The van der Waals surface area contributed by atoms with Gasteiger partial charge in [-0.25, -0.2) is 0 Å². The van der Waals surface area contributed by atoms with Crippen LogP contribution in [-0.2, 0) is 0 Å². The van der Waals surface area contributed by atoms with Crippen LogP contribution < -0.4 is 5.11 Å². The quantitative estimate of drug-likeness (QED) is 0.570. The third-order valence-corrected chi connectivity index (χ3v) is 4.91. The molecule has 0 aliphatic rings. The highest BCUT2D eigenvalue weighted by Crippen LogP contribution is 2.41. The van der Waals surface area contributed by atoms with E-state index < -0.39 is 0 Å². The molecule has 3 rings (SSSR count). The fourth-order valence-electron chi connectivity index (χ4n) is 4.14. The average molecular weight is 329 g/mol. The monoisotopic (exact) mass is 329 g/mol. The lowest BCUT2D eigenvalue weighted by Gasteiger charge is -2.24. The summed E-state index contributed by atoms with van der Waals surface area (Å²) >= 11 is 0. The van der Waals surface area contributed by atoms with Crippen LogP contribution in [0.2, 0.25) is 0 Å². The average Bonchev–Trinajstić information content (AvgIpc) is 2.48. The maximum absolute atomic E-state index is 13.3. The van der Waals surface area contributed by atoms with E-state index in [9.17, 15) is 5.11 Å². The molecule has 0 aromatic heterocycles. The van der Waals surface area contributed by atoms with Gasteiger partial charge in [0.15, 0.2) is 0 Å². The zero-order valence-corrected chi connectivity index (χ0v) is 15.9. The topological polar surface area (TPSA) is 23.1 Å². The van der Waals surface area contributed by atoms with Crippen molar-refractivity contribution in [1.29, 1.82) is 0 Å². The molecule has 0 aliphatic heterocycles. The van der Waals surface area contributed by atoms with Gasteiger partial charge in [0, 0.05) is 0 Å². The Morgan fingerprint density at radius 2 is 0.880 bits per heavy atom. The van der Waals surface area contributed by atoms with Gasteiger partial charge in [-0.2, -0.15) is 0 Å². The predicted molar refractivity (Wildman–Crippen MR) is 105 cm³/mol. The Kier molecular flexibility index (Phi) is 4.43. The number of benzene rings is 3. The molecule has 0 radical (unpaired) electrons. The van der Waals surface area contributed by atoms with Gasteiger partial charge in [0.05, 0.1) is 0 Å². The Labute approximate surface area is 151 Å². The second kappa shape index (κ2) is 6.40. The highest BCUT2D eigenvalue weighted by Gasteiger charge is 2.13. The molecule has 0 N–H and O–H groups in total. The third kappa shape index (κ3) is 3.07. The Balaban J connectivity index is 2.28. The Morgan fingerprint density at radius 3 is 1.20 bits per heavy atom. The maximum atomic E-state index is 13.3. The van der Waals surface area contributed by atoms with Gasteiger partial charge in [-0.05, 0) is 86.1 Å². The van der Waals surface area contributed by atoms with Crippen LogP contribution in [0.15, 0.2) is 42.5 Å². The predicted octanol–water partition coefficient (Wildman–Crippen LogP) is 5.94. The van der Waals surface area contributed by atoms with Crippen molar-refractivity contribution in [2.45, 2.75) is 41.5 Å². The van der Waals surface area contributed by atoms with E-state index in [-0.39, 0.29) is 5.75 Å². The van der Waals surface area contributed by atoms with Crippen LogP contribution in [0.25, 0.3) is 22.3 Å². The molecule has 25 heavy (non-hydrogen) atoms. The Hall–Kier alpha value is -2.54. The molecule has 0 spiro atoms. The van der Waals surface area contributed by atoms with Crippen molar-refractivity contribution < 1.29 is 5.11 Å². The summed E-state index contributed by atoms with van der Waals surface area (Å²) in [6.45, 7) is 12.5. The van der Waals surface area contributed by atoms with Crippen LogP contribution in [0.1, 0.15) is 33.4 Å². The molecule has 1 heteroatoms. The first-order valence-corrected chi connectivity index (χ1v) is 8.76. The van der Waals surface area contributed by atoms with Gasteiger partial charge in [-0.3, -0.25) is 0 Å². The molecule has 0 saturated carbocycles. The molecule has 128 valence electrons. The van der Waals surface area contributed by atoms with Crippen molar-refractivity contribution in [3.63, 3.8) is 0 Å². The minimum Gasteiger partial charge on any atom is -0.872 e. The first kappa shape index (κ1) is 17.3. The minimum absolute atomic E-state index is 0.118. The molecule has 3 aromatic rings. The summed E-state index contributed by atoms with van der Waals surface area (Å²) in [6, 6.07) is 14.5. The molecule has 0 saturated heterocycles. The van der Waals surface area contributed by atoms with Crippen molar-refractivity contribution in [2.24, 2.45) is 0 Å². The van der Waals surface area contributed by atoms with Gasteiger partial charge in [0.2, 0.25) is 0 Å². The zero-order chi connectivity index (χ0) is 18.3. The van der Waals surface area contributed by atoms with E-state index in [2.05, 4.69) is 65.8 Å².